The van der Waals surface area contributed by atoms with Crippen LogP contribution in [0.15, 0.2) is 29.6 Å². The van der Waals surface area contributed by atoms with E-state index < -0.39 is 0 Å². The summed E-state index contributed by atoms with van der Waals surface area (Å²) in [6.45, 7) is 3.90. The molecule has 7 heteroatoms. The normalized spacial score (nSPS) is 17.5. The van der Waals surface area contributed by atoms with Crippen LogP contribution in [0.3, 0.4) is 0 Å². The van der Waals surface area contributed by atoms with Crippen molar-refractivity contribution in [3.63, 3.8) is 0 Å². The van der Waals surface area contributed by atoms with E-state index in [4.69, 9.17) is 16.6 Å². The van der Waals surface area contributed by atoms with Crippen LogP contribution in [0, 0.1) is 0 Å². The zero-order valence-corrected chi connectivity index (χ0v) is 13.5. The van der Waals surface area contributed by atoms with Gasteiger partial charge in [-0.15, -0.1) is 21.5 Å². The van der Waals surface area contributed by atoms with E-state index in [1.165, 1.54) is 0 Å². The van der Waals surface area contributed by atoms with Gasteiger partial charge in [0.25, 0.3) is 0 Å². The summed E-state index contributed by atoms with van der Waals surface area (Å²) in [5.41, 5.74) is 1.94. The van der Waals surface area contributed by atoms with Gasteiger partial charge >= 0.3 is 0 Å². The molecule has 0 saturated carbocycles. The Morgan fingerprint density at radius 2 is 2.09 bits per heavy atom. The molecule has 2 aromatic heterocycles. The van der Waals surface area contributed by atoms with E-state index in [1.54, 1.807) is 11.3 Å². The average Bonchev–Trinajstić information content (AvgIpc) is 3.15. The summed E-state index contributed by atoms with van der Waals surface area (Å²) in [7, 11) is 0. The van der Waals surface area contributed by atoms with Crippen LogP contribution in [0.4, 0.5) is 0 Å². The number of rotatable bonds is 2. The van der Waals surface area contributed by atoms with E-state index >= 15 is 0 Å². The van der Waals surface area contributed by atoms with Crippen molar-refractivity contribution in [2.45, 2.75) is 19.5 Å². The predicted molar refractivity (Wildman–Crippen MR) is 88.0 cm³/mol. The molecule has 0 amide bonds. The third-order valence-electron chi connectivity index (χ3n) is 3.78. The van der Waals surface area contributed by atoms with Gasteiger partial charge in [-0.1, -0.05) is 23.7 Å². The van der Waals surface area contributed by atoms with Gasteiger partial charge in [0.15, 0.2) is 5.82 Å². The molecule has 22 heavy (non-hydrogen) atoms. The highest BCUT2D eigenvalue weighted by atomic mass is 35.5. The molecule has 3 aromatic rings. The molecule has 5 nitrogen and oxygen atoms in total. The van der Waals surface area contributed by atoms with Crippen LogP contribution < -0.4 is 5.32 Å². The first kappa shape index (κ1) is 13.9. The summed E-state index contributed by atoms with van der Waals surface area (Å²) >= 11 is 7.54. The number of halogens is 1. The lowest BCUT2D eigenvalue weighted by atomic mass is 10.2. The first-order chi connectivity index (χ1) is 10.7. The molecule has 1 N–H and O–H groups in total. The Labute approximate surface area is 137 Å². The second kappa shape index (κ2) is 5.46. The Bertz CT molecular complexity index is 808. The summed E-state index contributed by atoms with van der Waals surface area (Å²) in [6.07, 6.45) is 0. The SMILES string of the molecule is C[C@H]1NCCn2c(-c3csc(-c4ccc(Cl)cc4)n3)nnc21. The van der Waals surface area contributed by atoms with Gasteiger partial charge in [-0.3, -0.25) is 0 Å². The second-order valence-electron chi connectivity index (χ2n) is 5.25. The highest BCUT2D eigenvalue weighted by Gasteiger charge is 2.23. The smallest absolute Gasteiger partial charge is 0.183 e. The van der Waals surface area contributed by atoms with Gasteiger partial charge in [0.2, 0.25) is 0 Å². The molecule has 0 spiro atoms. The van der Waals surface area contributed by atoms with Crippen LogP contribution in [0.2, 0.25) is 5.02 Å². The Balaban J connectivity index is 1.72. The Kier molecular flexibility index (Phi) is 3.44. The third-order valence-corrected chi connectivity index (χ3v) is 4.92. The Morgan fingerprint density at radius 3 is 2.91 bits per heavy atom. The minimum atomic E-state index is 0.226. The minimum Gasteiger partial charge on any atom is -0.307 e. The molecular weight excluding hydrogens is 318 g/mol. The maximum atomic E-state index is 5.93. The summed E-state index contributed by atoms with van der Waals surface area (Å²) in [6, 6.07) is 7.95. The summed E-state index contributed by atoms with van der Waals surface area (Å²) in [4.78, 5) is 4.72. The van der Waals surface area contributed by atoms with Crippen molar-refractivity contribution in [1.82, 2.24) is 25.1 Å². The van der Waals surface area contributed by atoms with Crippen molar-refractivity contribution in [2.24, 2.45) is 0 Å². The number of thiazole rings is 1. The summed E-state index contributed by atoms with van der Waals surface area (Å²) < 4.78 is 2.15. The summed E-state index contributed by atoms with van der Waals surface area (Å²) in [5, 5.41) is 15.8. The van der Waals surface area contributed by atoms with Gasteiger partial charge in [-0.05, 0) is 19.1 Å². The summed E-state index contributed by atoms with van der Waals surface area (Å²) in [5.74, 6) is 1.82. The molecular formula is C15H14ClN5S. The fourth-order valence-electron chi connectivity index (χ4n) is 2.63. The number of nitrogens with zero attached hydrogens (tertiary/aromatic N) is 4. The minimum absolute atomic E-state index is 0.226. The molecule has 0 radical (unpaired) electrons. The van der Waals surface area contributed by atoms with E-state index in [9.17, 15) is 0 Å². The van der Waals surface area contributed by atoms with Gasteiger partial charge in [-0.25, -0.2) is 4.98 Å². The van der Waals surface area contributed by atoms with Crippen molar-refractivity contribution >= 4 is 22.9 Å². The molecule has 0 unspecified atom stereocenters. The van der Waals surface area contributed by atoms with Crippen LogP contribution in [0.5, 0.6) is 0 Å². The van der Waals surface area contributed by atoms with Crippen molar-refractivity contribution in [2.75, 3.05) is 6.54 Å². The van der Waals surface area contributed by atoms with Crippen LogP contribution in [-0.4, -0.2) is 26.3 Å². The second-order valence-corrected chi connectivity index (χ2v) is 6.55. The number of hydrogen-bond acceptors (Lipinski definition) is 5. The molecule has 4 rings (SSSR count). The largest absolute Gasteiger partial charge is 0.307 e. The van der Waals surface area contributed by atoms with Crippen LogP contribution in [0.1, 0.15) is 18.8 Å². The highest BCUT2D eigenvalue weighted by Crippen LogP contribution is 2.30. The van der Waals surface area contributed by atoms with Crippen molar-refractivity contribution in [1.29, 1.82) is 0 Å². The predicted octanol–water partition coefficient (Wildman–Crippen LogP) is 3.39. The van der Waals surface area contributed by atoms with Crippen LogP contribution in [-0.2, 0) is 6.54 Å². The van der Waals surface area contributed by atoms with Crippen molar-refractivity contribution < 1.29 is 0 Å². The average molecular weight is 332 g/mol. The van der Waals surface area contributed by atoms with E-state index in [-0.39, 0.29) is 6.04 Å². The molecule has 1 aliphatic rings. The Morgan fingerprint density at radius 1 is 1.27 bits per heavy atom. The lowest BCUT2D eigenvalue weighted by molar-refractivity contribution is 0.439. The first-order valence-electron chi connectivity index (χ1n) is 7.10. The molecule has 112 valence electrons. The maximum Gasteiger partial charge on any atom is 0.183 e. The quantitative estimate of drug-likeness (QED) is 0.782. The fourth-order valence-corrected chi connectivity index (χ4v) is 3.56. The molecule has 1 aromatic carbocycles. The zero-order chi connectivity index (χ0) is 15.1. The van der Waals surface area contributed by atoms with Gasteiger partial charge in [0.1, 0.15) is 16.5 Å². The molecule has 0 fully saturated rings. The molecule has 3 heterocycles. The van der Waals surface area contributed by atoms with Crippen molar-refractivity contribution in [3.8, 4) is 22.1 Å². The van der Waals surface area contributed by atoms with Crippen molar-refractivity contribution in [3.05, 3.63) is 40.5 Å². The number of nitrogens with one attached hydrogen (secondary N) is 1. The zero-order valence-electron chi connectivity index (χ0n) is 12.0. The van der Waals surface area contributed by atoms with Crippen LogP contribution >= 0.6 is 22.9 Å². The molecule has 0 saturated heterocycles. The highest BCUT2D eigenvalue weighted by molar-refractivity contribution is 7.13. The Hall–Kier alpha value is -1.76. The fraction of sp³-hybridized carbons (Fsp3) is 0.267. The van der Waals surface area contributed by atoms with Gasteiger partial charge in [0, 0.05) is 29.1 Å². The van der Waals surface area contributed by atoms with E-state index in [0.29, 0.717) is 0 Å². The van der Waals surface area contributed by atoms with Gasteiger partial charge < -0.3 is 9.88 Å². The third kappa shape index (κ3) is 2.33. The number of benzene rings is 1. The van der Waals surface area contributed by atoms with E-state index in [2.05, 4.69) is 27.0 Å². The van der Waals surface area contributed by atoms with E-state index in [1.807, 2.05) is 29.6 Å². The van der Waals surface area contributed by atoms with Gasteiger partial charge in [0.05, 0.1) is 6.04 Å². The first-order valence-corrected chi connectivity index (χ1v) is 8.36. The number of hydrogen-bond donors (Lipinski definition) is 1. The monoisotopic (exact) mass is 331 g/mol. The molecule has 0 bridgehead atoms. The standard InChI is InChI=1S/C15H14ClN5S/c1-9-13-19-20-14(21(13)7-6-17-9)12-8-22-15(18-12)10-2-4-11(16)5-3-10/h2-5,8-9,17H,6-7H2,1H3/t9-/m1/s1. The topological polar surface area (TPSA) is 55.6 Å². The van der Waals surface area contributed by atoms with Gasteiger partial charge in [-0.2, -0.15) is 0 Å². The lowest BCUT2D eigenvalue weighted by Crippen LogP contribution is -2.32. The number of aromatic nitrogens is 4. The van der Waals surface area contributed by atoms with E-state index in [0.717, 1.165) is 46.0 Å². The number of fused-ring (bicyclic) bond motifs is 1. The lowest BCUT2D eigenvalue weighted by Gasteiger charge is -2.21. The maximum absolute atomic E-state index is 5.93. The molecule has 0 aliphatic carbocycles. The van der Waals surface area contributed by atoms with Crippen LogP contribution in [0.25, 0.3) is 22.1 Å². The molecule has 1 atom stereocenters. The molecule has 1 aliphatic heterocycles.